The number of aliphatic hydroxyl groups excluding tert-OH is 3. The summed E-state index contributed by atoms with van der Waals surface area (Å²) in [5, 5.41) is 27.8. The van der Waals surface area contributed by atoms with E-state index in [1.54, 1.807) is 0 Å². The van der Waals surface area contributed by atoms with Gasteiger partial charge in [-0.25, -0.2) is 0 Å². The summed E-state index contributed by atoms with van der Waals surface area (Å²) in [4.78, 5) is 11.8. The van der Waals surface area contributed by atoms with E-state index in [1.807, 2.05) is 0 Å². The molecule has 40 heavy (non-hydrogen) atoms. The number of ether oxygens (including phenoxy) is 1. The van der Waals surface area contributed by atoms with Crippen LogP contribution in [0.3, 0.4) is 0 Å². The zero-order chi connectivity index (χ0) is 29.4. The van der Waals surface area contributed by atoms with Crippen LogP contribution in [0.1, 0.15) is 187 Å². The second-order valence-electron chi connectivity index (χ2n) is 12.6. The van der Waals surface area contributed by atoms with Crippen LogP contribution in [-0.2, 0) is 9.53 Å². The van der Waals surface area contributed by atoms with Crippen molar-refractivity contribution >= 4 is 5.97 Å². The average Bonchev–Trinajstić information content (AvgIpc) is 2.97. The first kappa shape index (κ1) is 39.4. The van der Waals surface area contributed by atoms with E-state index in [9.17, 15) is 20.1 Å². The minimum Gasteiger partial charge on any atom is -0.465 e. The third-order valence-electron chi connectivity index (χ3n) is 8.53. The second-order valence-corrected chi connectivity index (χ2v) is 12.6. The summed E-state index contributed by atoms with van der Waals surface area (Å²) in [5.41, 5.74) is -1.14. The minimum absolute atomic E-state index is 0.144. The van der Waals surface area contributed by atoms with Crippen LogP contribution in [0.5, 0.6) is 0 Å². The predicted molar refractivity (Wildman–Crippen MR) is 170 cm³/mol. The van der Waals surface area contributed by atoms with Gasteiger partial charge in [0.1, 0.15) is 6.61 Å². The van der Waals surface area contributed by atoms with Crippen LogP contribution in [0.15, 0.2) is 0 Å². The van der Waals surface area contributed by atoms with Gasteiger partial charge in [-0.2, -0.15) is 0 Å². The van der Waals surface area contributed by atoms with E-state index in [4.69, 9.17) is 4.74 Å². The van der Waals surface area contributed by atoms with E-state index in [0.29, 0.717) is 6.42 Å². The number of rotatable bonds is 33. The van der Waals surface area contributed by atoms with E-state index in [2.05, 4.69) is 6.92 Å². The lowest BCUT2D eigenvalue weighted by atomic mass is 9.93. The molecule has 0 aliphatic carbocycles. The van der Waals surface area contributed by atoms with Gasteiger partial charge in [0.15, 0.2) is 0 Å². The monoisotopic (exact) mass is 571 g/mol. The third-order valence-corrected chi connectivity index (χ3v) is 8.53. The van der Waals surface area contributed by atoms with Crippen molar-refractivity contribution in [2.45, 2.75) is 187 Å². The number of carbonyl (C=O) groups is 1. The maximum atomic E-state index is 11.8. The van der Waals surface area contributed by atoms with E-state index in [0.717, 1.165) is 19.3 Å². The molecule has 0 rings (SSSR count). The summed E-state index contributed by atoms with van der Waals surface area (Å²) in [6.07, 6.45) is 37.2. The molecule has 0 aliphatic rings. The molecule has 0 aromatic rings. The molecule has 0 aromatic carbocycles. The van der Waals surface area contributed by atoms with Crippen LogP contribution in [0.4, 0.5) is 0 Å². The molecular weight excluding hydrogens is 500 g/mol. The maximum Gasteiger partial charge on any atom is 0.305 e. The average molecular weight is 571 g/mol. The number of hydrogen-bond donors (Lipinski definition) is 3. The molecular formula is C35H70O5. The number of hydrogen-bond acceptors (Lipinski definition) is 5. The molecule has 0 saturated carbocycles. The van der Waals surface area contributed by atoms with Crippen LogP contribution < -0.4 is 0 Å². The van der Waals surface area contributed by atoms with E-state index in [-0.39, 0.29) is 12.6 Å². The molecule has 0 aromatic heterocycles. The molecule has 0 heterocycles. The van der Waals surface area contributed by atoms with Gasteiger partial charge < -0.3 is 20.1 Å². The maximum absolute atomic E-state index is 11.8. The molecule has 0 saturated heterocycles. The summed E-state index contributed by atoms with van der Waals surface area (Å²) in [6.45, 7) is 0.918. The Morgan fingerprint density at radius 1 is 0.450 bits per heavy atom. The standard InChI is InChI=1S/C35H70O5/c1-2-3-4-5-6-7-8-9-10-11-12-13-14-15-16-17-18-19-20-21-22-23-24-25-26-27-28-29-34(39)40-33-35(30-36,31-37)32-38/h36-38H,2-33H2,1H3. The molecule has 3 N–H and O–H groups in total. The molecule has 0 fully saturated rings. The van der Waals surface area contributed by atoms with Crippen LogP contribution in [0.2, 0.25) is 0 Å². The fourth-order valence-corrected chi connectivity index (χ4v) is 5.35. The fraction of sp³-hybridized carbons (Fsp3) is 0.971. The van der Waals surface area contributed by atoms with Gasteiger partial charge in [-0.1, -0.05) is 174 Å². The smallest absolute Gasteiger partial charge is 0.305 e. The van der Waals surface area contributed by atoms with Crippen molar-refractivity contribution in [3.63, 3.8) is 0 Å². The van der Waals surface area contributed by atoms with Crippen molar-refractivity contribution in [3.05, 3.63) is 0 Å². The molecule has 0 bridgehead atoms. The highest BCUT2D eigenvalue weighted by Gasteiger charge is 2.30. The topological polar surface area (TPSA) is 87.0 Å². The SMILES string of the molecule is CCCCCCCCCCCCCCCCCCCCCCCCCCCCCC(=O)OCC(CO)(CO)CO. The van der Waals surface area contributed by atoms with E-state index >= 15 is 0 Å². The van der Waals surface area contributed by atoms with Crippen molar-refractivity contribution in [3.8, 4) is 0 Å². The van der Waals surface area contributed by atoms with Gasteiger partial charge in [0.05, 0.1) is 25.2 Å². The normalized spacial score (nSPS) is 11.8. The Morgan fingerprint density at radius 3 is 0.950 bits per heavy atom. The van der Waals surface area contributed by atoms with Crippen LogP contribution in [0, 0.1) is 5.41 Å². The number of esters is 1. The Morgan fingerprint density at radius 2 is 0.700 bits per heavy atom. The summed E-state index contributed by atoms with van der Waals surface area (Å²) < 4.78 is 5.12. The van der Waals surface area contributed by atoms with Gasteiger partial charge in [0.25, 0.3) is 0 Å². The first-order chi connectivity index (χ1) is 19.6. The van der Waals surface area contributed by atoms with Gasteiger partial charge in [0.2, 0.25) is 0 Å². The lowest BCUT2D eigenvalue weighted by Gasteiger charge is -2.26. The molecule has 0 spiro atoms. The van der Waals surface area contributed by atoms with Crippen LogP contribution in [0.25, 0.3) is 0 Å². The Kier molecular flexibility index (Phi) is 30.8. The number of aliphatic hydroxyl groups is 3. The predicted octanol–water partition coefficient (Wildman–Crippen LogP) is 9.44. The molecule has 5 heteroatoms. The van der Waals surface area contributed by atoms with Crippen molar-refractivity contribution in [2.75, 3.05) is 26.4 Å². The second kappa shape index (κ2) is 31.3. The van der Waals surface area contributed by atoms with Crippen molar-refractivity contribution in [1.29, 1.82) is 0 Å². The molecule has 0 atom stereocenters. The first-order valence-corrected chi connectivity index (χ1v) is 17.6. The Bertz CT molecular complexity index is 498. The third kappa shape index (κ3) is 26.3. The largest absolute Gasteiger partial charge is 0.465 e. The van der Waals surface area contributed by atoms with Gasteiger partial charge in [-0.15, -0.1) is 0 Å². The lowest BCUT2D eigenvalue weighted by Crippen LogP contribution is -2.39. The van der Waals surface area contributed by atoms with E-state index < -0.39 is 25.2 Å². The lowest BCUT2D eigenvalue weighted by molar-refractivity contribution is -0.151. The summed E-state index contributed by atoms with van der Waals surface area (Å²) in [7, 11) is 0. The van der Waals surface area contributed by atoms with Gasteiger partial charge in [-0.3, -0.25) is 4.79 Å². The first-order valence-electron chi connectivity index (χ1n) is 17.6. The molecule has 240 valence electrons. The molecule has 0 aliphatic heterocycles. The molecule has 5 nitrogen and oxygen atoms in total. The highest BCUT2D eigenvalue weighted by Crippen LogP contribution is 2.18. The van der Waals surface area contributed by atoms with Crippen LogP contribution in [-0.4, -0.2) is 47.7 Å². The molecule has 0 radical (unpaired) electrons. The quantitative estimate of drug-likeness (QED) is 0.0540. The van der Waals surface area contributed by atoms with Gasteiger partial charge >= 0.3 is 5.97 Å². The van der Waals surface area contributed by atoms with E-state index in [1.165, 1.54) is 154 Å². The number of carbonyl (C=O) groups excluding carboxylic acids is 1. The Labute approximate surface area is 249 Å². The fourth-order valence-electron chi connectivity index (χ4n) is 5.35. The minimum atomic E-state index is -1.14. The summed E-state index contributed by atoms with van der Waals surface area (Å²) in [5.74, 6) is -0.320. The zero-order valence-corrected chi connectivity index (χ0v) is 26.8. The highest BCUT2D eigenvalue weighted by atomic mass is 16.5. The van der Waals surface area contributed by atoms with Gasteiger partial charge in [-0.05, 0) is 6.42 Å². The Balaban J connectivity index is 3.21. The summed E-state index contributed by atoms with van der Waals surface area (Å²) in [6, 6.07) is 0. The van der Waals surface area contributed by atoms with Crippen molar-refractivity contribution in [1.82, 2.24) is 0 Å². The van der Waals surface area contributed by atoms with Crippen molar-refractivity contribution in [2.24, 2.45) is 5.41 Å². The zero-order valence-electron chi connectivity index (χ0n) is 26.8. The van der Waals surface area contributed by atoms with Crippen molar-refractivity contribution < 1.29 is 24.9 Å². The van der Waals surface area contributed by atoms with Gasteiger partial charge in [0, 0.05) is 6.42 Å². The molecule has 0 amide bonds. The number of unbranched alkanes of at least 4 members (excludes halogenated alkanes) is 26. The highest BCUT2D eigenvalue weighted by molar-refractivity contribution is 5.69. The Hall–Kier alpha value is -0.650. The summed E-state index contributed by atoms with van der Waals surface area (Å²) >= 11 is 0. The van der Waals surface area contributed by atoms with Crippen LogP contribution >= 0.6 is 0 Å². The molecule has 0 unspecified atom stereocenters.